The highest BCUT2D eigenvalue weighted by Crippen LogP contribution is 1.95. The first kappa shape index (κ1) is 12.4. The number of amides is 1. The Balaban J connectivity index is 2.21. The van der Waals surface area contributed by atoms with Crippen molar-refractivity contribution in [1.82, 2.24) is 20.1 Å². The quantitative estimate of drug-likeness (QED) is 0.633. The van der Waals surface area contributed by atoms with E-state index in [1.165, 1.54) is 6.33 Å². The van der Waals surface area contributed by atoms with Crippen molar-refractivity contribution in [2.24, 2.45) is 5.73 Å². The van der Waals surface area contributed by atoms with E-state index in [2.05, 4.69) is 27.1 Å². The smallest absolute Gasteiger partial charge is 0.404 e. The molecule has 0 atom stereocenters. The highest BCUT2D eigenvalue weighted by atomic mass is 16.5. The Hall–Kier alpha value is -1.63. The summed E-state index contributed by atoms with van der Waals surface area (Å²) in [5.41, 5.74) is 4.82. The Bertz CT molecular complexity index is 325. The van der Waals surface area contributed by atoms with Crippen molar-refractivity contribution in [2.75, 3.05) is 13.2 Å². The van der Waals surface area contributed by atoms with Crippen LogP contribution in [0.3, 0.4) is 0 Å². The topological polar surface area (TPSA) is 95.1 Å². The molecule has 0 radical (unpaired) electrons. The van der Waals surface area contributed by atoms with Crippen molar-refractivity contribution in [3.63, 3.8) is 0 Å². The lowest BCUT2D eigenvalue weighted by atomic mass is 10.4. The minimum atomic E-state index is -0.754. The predicted molar refractivity (Wildman–Crippen MR) is 57.6 cm³/mol. The summed E-state index contributed by atoms with van der Waals surface area (Å²) in [7, 11) is 0. The molecule has 0 bridgehead atoms. The first-order valence-electron chi connectivity index (χ1n) is 5.23. The van der Waals surface area contributed by atoms with E-state index >= 15 is 0 Å². The Morgan fingerprint density at radius 2 is 2.50 bits per heavy atom. The van der Waals surface area contributed by atoms with Gasteiger partial charge in [0, 0.05) is 13.1 Å². The SMILES string of the molecule is CCCn1ncnc1CNCCOC(N)=O. The van der Waals surface area contributed by atoms with Gasteiger partial charge < -0.3 is 15.8 Å². The number of carbonyl (C=O) groups excluding carboxylic acids is 1. The molecule has 0 unspecified atom stereocenters. The molecule has 1 aromatic rings. The van der Waals surface area contributed by atoms with E-state index in [9.17, 15) is 4.79 Å². The largest absolute Gasteiger partial charge is 0.448 e. The van der Waals surface area contributed by atoms with Gasteiger partial charge in [0.2, 0.25) is 0 Å². The van der Waals surface area contributed by atoms with E-state index in [1.54, 1.807) is 0 Å². The Kier molecular flexibility index (Phi) is 5.27. The lowest BCUT2D eigenvalue weighted by Crippen LogP contribution is -2.24. The Labute approximate surface area is 94.0 Å². The van der Waals surface area contributed by atoms with Crippen LogP contribution < -0.4 is 11.1 Å². The van der Waals surface area contributed by atoms with Crippen LogP contribution in [0.1, 0.15) is 19.2 Å². The fourth-order valence-corrected chi connectivity index (χ4v) is 1.25. The van der Waals surface area contributed by atoms with Gasteiger partial charge in [-0.25, -0.2) is 14.5 Å². The number of aromatic nitrogens is 3. The second kappa shape index (κ2) is 6.78. The molecule has 7 nitrogen and oxygen atoms in total. The molecule has 0 saturated carbocycles. The minimum Gasteiger partial charge on any atom is -0.448 e. The first-order chi connectivity index (χ1) is 7.74. The van der Waals surface area contributed by atoms with E-state index in [0.717, 1.165) is 18.8 Å². The Morgan fingerprint density at radius 3 is 3.19 bits per heavy atom. The standard InChI is InChI=1S/C9H17N5O2/c1-2-4-14-8(12-7-13-14)6-11-3-5-16-9(10)15/h7,11H,2-6H2,1H3,(H2,10,15). The third-order valence-corrected chi connectivity index (χ3v) is 1.94. The van der Waals surface area contributed by atoms with Crippen LogP contribution in [0.4, 0.5) is 4.79 Å². The molecular formula is C9H17N5O2. The van der Waals surface area contributed by atoms with Crippen molar-refractivity contribution in [3.05, 3.63) is 12.2 Å². The average Bonchev–Trinajstić information content (AvgIpc) is 2.65. The van der Waals surface area contributed by atoms with Crippen LogP contribution in [0.2, 0.25) is 0 Å². The van der Waals surface area contributed by atoms with Crippen LogP contribution in [0.5, 0.6) is 0 Å². The van der Waals surface area contributed by atoms with Crippen molar-refractivity contribution >= 4 is 6.09 Å². The van der Waals surface area contributed by atoms with Crippen LogP contribution in [0, 0.1) is 0 Å². The lowest BCUT2D eigenvalue weighted by molar-refractivity contribution is 0.157. The maximum absolute atomic E-state index is 10.3. The number of carbonyl (C=O) groups is 1. The second-order valence-corrected chi connectivity index (χ2v) is 3.24. The fraction of sp³-hybridized carbons (Fsp3) is 0.667. The molecule has 90 valence electrons. The molecule has 1 amide bonds. The maximum Gasteiger partial charge on any atom is 0.404 e. The molecular weight excluding hydrogens is 210 g/mol. The van der Waals surface area contributed by atoms with Crippen LogP contribution in [0.25, 0.3) is 0 Å². The van der Waals surface area contributed by atoms with Gasteiger partial charge >= 0.3 is 6.09 Å². The normalized spacial score (nSPS) is 10.3. The van der Waals surface area contributed by atoms with E-state index in [4.69, 9.17) is 5.73 Å². The third kappa shape index (κ3) is 4.26. The number of hydrogen-bond acceptors (Lipinski definition) is 5. The number of nitrogens with one attached hydrogen (secondary N) is 1. The van der Waals surface area contributed by atoms with Gasteiger partial charge in [-0.2, -0.15) is 5.10 Å². The van der Waals surface area contributed by atoms with Crippen LogP contribution in [0.15, 0.2) is 6.33 Å². The van der Waals surface area contributed by atoms with E-state index < -0.39 is 6.09 Å². The number of nitrogens with zero attached hydrogens (tertiary/aromatic N) is 3. The summed E-state index contributed by atoms with van der Waals surface area (Å²) in [4.78, 5) is 14.4. The van der Waals surface area contributed by atoms with Gasteiger partial charge in [-0.05, 0) is 6.42 Å². The fourth-order valence-electron chi connectivity index (χ4n) is 1.25. The van der Waals surface area contributed by atoms with Gasteiger partial charge in [-0.1, -0.05) is 6.92 Å². The number of nitrogens with two attached hydrogens (primary N) is 1. The van der Waals surface area contributed by atoms with Gasteiger partial charge in [0.25, 0.3) is 0 Å². The summed E-state index contributed by atoms with van der Waals surface area (Å²) in [6.07, 6.45) is 1.80. The van der Waals surface area contributed by atoms with E-state index in [-0.39, 0.29) is 6.61 Å². The summed E-state index contributed by atoms with van der Waals surface area (Å²) < 4.78 is 6.42. The van der Waals surface area contributed by atoms with Gasteiger partial charge in [-0.15, -0.1) is 0 Å². The second-order valence-electron chi connectivity index (χ2n) is 3.24. The summed E-state index contributed by atoms with van der Waals surface area (Å²) in [6.45, 7) is 4.34. The summed E-state index contributed by atoms with van der Waals surface area (Å²) in [5.74, 6) is 0.876. The maximum atomic E-state index is 10.3. The number of rotatable bonds is 7. The average molecular weight is 227 g/mol. The Morgan fingerprint density at radius 1 is 1.69 bits per heavy atom. The minimum absolute atomic E-state index is 0.261. The zero-order chi connectivity index (χ0) is 11.8. The number of ether oxygens (including phenoxy) is 1. The summed E-state index contributed by atoms with van der Waals surface area (Å²) in [6, 6.07) is 0. The molecule has 1 heterocycles. The molecule has 0 aliphatic rings. The molecule has 0 saturated heterocycles. The highest BCUT2D eigenvalue weighted by Gasteiger charge is 2.02. The highest BCUT2D eigenvalue weighted by molar-refractivity contribution is 5.64. The molecule has 7 heteroatoms. The third-order valence-electron chi connectivity index (χ3n) is 1.94. The van der Waals surface area contributed by atoms with Crippen molar-refractivity contribution in [1.29, 1.82) is 0 Å². The predicted octanol–water partition coefficient (Wildman–Crippen LogP) is -0.127. The molecule has 0 spiro atoms. The molecule has 1 aromatic heterocycles. The van der Waals surface area contributed by atoms with Gasteiger partial charge in [0.15, 0.2) is 0 Å². The molecule has 3 N–H and O–H groups in total. The number of primary amides is 1. The van der Waals surface area contributed by atoms with Crippen LogP contribution in [-0.2, 0) is 17.8 Å². The molecule has 0 aliphatic heterocycles. The van der Waals surface area contributed by atoms with Gasteiger partial charge in [0.1, 0.15) is 18.8 Å². The molecule has 16 heavy (non-hydrogen) atoms. The van der Waals surface area contributed by atoms with Gasteiger partial charge in [-0.3, -0.25) is 0 Å². The van der Waals surface area contributed by atoms with Crippen LogP contribution in [-0.4, -0.2) is 34.0 Å². The molecule has 0 fully saturated rings. The van der Waals surface area contributed by atoms with Crippen molar-refractivity contribution < 1.29 is 9.53 Å². The van der Waals surface area contributed by atoms with E-state index in [1.807, 2.05) is 4.68 Å². The summed E-state index contributed by atoms with van der Waals surface area (Å²) >= 11 is 0. The van der Waals surface area contributed by atoms with Crippen molar-refractivity contribution in [3.8, 4) is 0 Å². The molecule has 0 aliphatic carbocycles. The zero-order valence-corrected chi connectivity index (χ0v) is 9.35. The zero-order valence-electron chi connectivity index (χ0n) is 9.35. The van der Waals surface area contributed by atoms with Crippen LogP contribution >= 0.6 is 0 Å². The van der Waals surface area contributed by atoms with E-state index in [0.29, 0.717) is 13.1 Å². The molecule has 0 aromatic carbocycles. The molecule has 1 rings (SSSR count). The number of aryl methyl sites for hydroxylation is 1. The van der Waals surface area contributed by atoms with Gasteiger partial charge in [0.05, 0.1) is 6.54 Å². The monoisotopic (exact) mass is 227 g/mol. The number of hydrogen-bond donors (Lipinski definition) is 2. The first-order valence-corrected chi connectivity index (χ1v) is 5.23. The van der Waals surface area contributed by atoms with Crippen molar-refractivity contribution in [2.45, 2.75) is 26.4 Å². The summed E-state index contributed by atoms with van der Waals surface area (Å²) in [5, 5.41) is 7.18. The lowest BCUT2D eigenvalue weighted by Gasteiger charge is -2.06.